The Balaban J connectivity index is 2.11. The fourth-order valence-electron chi connectivity index (χ4n) is 3.38. The molecule has 1 amide bonds. The van der Waals surface area contributed by atoms with E-state index in [-0.39, 0.29) is 11.8 Å². The van der Waals surface area contributed by atoms with Crippen LogP contribution in [-0.2, 0) is 9.59 Å². The first-order chi connectivity index (χ1) is 9.15. The first-order valence-electron chi connectivity index (χ1n) is 7.33. The van der Waals surface area contributed by atoms with Crippen LogP contribution in [0.15, 0.2) is 12.2 Å². The van der Waals surface area contributed by atoms with Crippen LogP contribution in [0.1, 0.15) is 45.4 Å². The normalized spacial score (nSPS) is 27.4. The third kappa shape index (κ3) is 2.99. The maximum Gasteiger partial charge on any atom is 0.307 e. The SMILES string of the molecule is CCN(C(=O)C1CC=CCC1C(=O)O)C1CCCC1. The zero-order valence-corrected chi connectivity index (χ0v) is 11.5. The van der Waals surface area contributed by atoms with Crippen molar-refractivity contribution in [3.63, 3.8) is 0 Å². The molecule has 2 unspecified atom stereocenters. The monoisotopic (exact) mass is 265 g/mol. The predicted molar refractivity (Wildman–Crippen MR) is 72.6 cm³/mol. The number of amides is 1. The second-order valence-electron chi connectivity index (χ2n) is 5.56. The molecule has 1 saturated carbocycles. The molecule has 0 aromatic rings. The van der Waals surface area contributed by atoms with Crippen molar-refractivity contribution in [1.82, 2.24) is 4.90 Å². The zero-order valence-electron chi connectivity index (χ0n) is 11.5. The topological polar surface area (TPSA) is 57.6 Å². The first kappa shape index (κ1) is 14.1. The molecule has 0 spiro atoms. The van der Waals surface area contributed by atoms with Gasteiger partial charge in [-0.2, -0.15) is 0 Å². The molecule has 0 radical (unpaired) electrons. The summed E-state index contributed by atoms with van der Waals surface area (Å²) in [6.07, 6.45) is 9.38. The molecular weight excluding hydrogens is 242 g/mol. The van der Waals surface area contributed by atoms with Crippen molar-refractivity contribution in [3.05, 3.63) is 12.2 Å². The Hall–Kier alpha value is -1.32. The first-order valence-corrected chi connectivity index (χ1v) is 7.33. The molecule has 4 nitrogen and oxygen atoms in total. The highest BCUT2D eigenvalue weighted by Gasteiger charge is 2.38. The molecule has 2 atom stereocenters. The summed E-state index contributed by atoms with van der Waals surface area (Å²) in [6, 6.07) is 0.331. The van der Waals surface area contributed by atoms with E-state index in [4.69, 9.17) is 0 Å². The number of carbonyl (C=O) groups is 2. The molecule has 0 heterocycles. The second-order valence-corrected chi connectivity index (χ2v) is 5.56. The van der Waals surface area contributed by atoms with Gasteiger partial charge >= 0.3 is 5.97 Å². The number of rotatable bonds is 4. The number of carboxylic acid groups (broad SMARTS) is 1. The van der Waals surface area contributed by atoms with Crippen LogP contribution in [0, 0.1) is 11.8 Å². The molecule has 19 heavy (non-hydrogen) atoms. The highest BCUT2D eigenvalue weighted by molar-refractivity contribution is 5.85. The lowest BCUT2D eigenvalue weighted by molar-refractivity contribution is -0.151. The van der Waals surface area contributed by atoms with E-state index in [1.54, 1.807) is 0 Å². The Kier molecular flexibility index (Phi) is 4.61. The van der Waals surface area contributed by atoms with Crippen LogP contribution in [-0.4, -0.2) is 34.5 Å². The molecule has 2 aliphatic rings. The average Bonchev–Trinajstić information content (AvgIpc) is 2.93. The van der Waals surface area contributed by atoms with Crippen molar-refractivity contribution < 1.29 is 14.7 Å². The molecule has 2 aliphatic carbocycles. The van der Waals surface area contributed by atoms with E-state index in [1.165, 1.54) is 12.8 Å². The summed E-state index contributed by atoms with van der Waals surface area (Å²) < 4.78 is 0. The van der Waals surface area contributed by atoms with E-state index < -0.39 is 11.9 Å². The van der Waals surface area contributed by atoms with Gasteiger partial charge < -0.3 is 10.0 Å². The van der Waals surface area contributed by atoms with Crippen molar-refractivity contribution in [2.45, 2.75) is 51.5 Å². The van der Waals surface area contributed by atoms with Crippen LogP contribution in [0.25, 0.3) is 0 Å². The van der Waals surface area contributed by atoms with Crippen molar-refractivity contribution in [1.29, 1.82) is 0 Å². The van der Waals surface area contributed by atoms with E-state index in [0.29, 0.717) is 25.4 Å². The number of allylic oxidation sites excluding steroid dienone is 2. The minimum atomic E-state index is -0.842. The van der Waals surface area contributed by atoms with Crippen molar-refractivity contribution in [3.8, 4) is 0 Å². The lowest BCUT2D eigenvalue weighted by atomic mass is 9.82. The third-order valence-corrected chi connectivity index (χ3v) is 4.46. The van der Waals surface area contributed by atoms with Gasteiger partial charge in [0.2, 0.25) is 5.91 Å². The van der Waals surface area contributed by atoms with Gasteiger partial charge in [0, 0.05) is 12.6 Å². The maximum absolute atomic E-state index is 12.7. The third-order valence-electron chi connectivity index (χ3n) is 4.46. The van der Waals surface area contributed by atoms with Gasteiger partial charge in [0.25, 0.3) is 0 Å². The van der Waals surface area contributed by atoms with Gasteiger partial charge in [-0.25, -0.2) is 0 Å². The van der Waals surface area contributed by atoms with Crippen molar-refractivity contribution in [2.24, 2.45) is 11.8 Å². The summed E-state index contributed by atoms with van der Waals surface area (Å²) in [4.78, 5) is 25.9. The van der Waals surface area contributed by atoms with E-state index in [9.17, 15) is 14.7 Å². The van der Waals surface area contributed by atoms with Crippen LogP contribution < -0.4 is 0 Å². The fourth-order valence-corrected chi connectivity index (χ4v) is 3.38. The van der Waals surface area contributed by atoms with Gasteiger partial charge in [-0.15, -0.1) is 0 Å². The summed E-state index contributed by atoms with van der Waals surface area (Å²) in [5.41, 5.74) is 0. The second kappa shape index (κ2) is 6.22. The molecule has 0 aliphatic heterocycles. The Labute approximate surface area is 114 Å². The summed E-state index contributed by atoms with van der Waals surface area (Å²) >= 11 is 0. The van der Waals surface area contributed by atoms with E-state index >= 15 is 0 Å². The zero-order chi connectivity index (χ0) is 13.8. The van der Waals surface area contributed by atoms with Gasteiger partial charge in [-0.3, -0.25) is 9.59 Å². The maximum atomic E-state index is 12.7. The number of hydrogen-bond acceptors (Lipinski definition) is 2. The number of carboxylic acids is 1. The van der Waals surface area contributed by atoms with Crippen LogP contribution in [0.4, 0.5) is 0 Å². The van der Waals surface area contributed by atoms with Gasteiger partial charge in [0.1, 0.15) is 0 Å². The molecule has 2 rings (SSSR count). The van der Waals surface area contributed by atoms with Crippen LogP contribution in [0.3, 0.4) is 0 Å². The van der Waals surface area contributed by atoms with E-state index in [1.807, 2.05) is 24.0 Å². The Morgan fingerprint density at radius 3 is 2.26 bits per heavy atom. The standard InChI is InChI=1S/C15H23NO3/c1-2-16(11-7-3-4-8-11)14(17)12-9-5-6-10-13(12)15(18)19/h5-6,11-13H,2-4,7-10H2,1H3,(H,18,19). The van der Waals surface area contributed by atoms with Crippen LogP contribution >= 0.6 is 0 Å². The molecule has 106 valence electrons. The minimum absolute atomic E-state index is 0.0474. The highest BCUT2D eigenvalue weighted by Crippen LogP contribution is 2.31. The van der Waals surface area contributed by atoms with Gasteiger partial charge in [0.15, 0.2) is 0 Å². The van der Waals surface area contributed by atoms with Crippen LogP contribution in [0.5, 0.6) is 0 Å². The molecule has 0 aromatic carbocycles. The summed E-state index contributed by atoms with van der Waals surface area (Å²) in [5.74, 6) is -1.72. The predicted octanol–water partition coefficient (Wildman–Crippen LogP) is 2.44. The summed E-state index contributed by atoms with van der Waals surface area (Å²) in [6.45, 7) is 2.68. The lowest BCUT2D eigenvalue weighted by Crippen LogP contribution is -2.45. The smallest absolute Gasteiger partial charge is 0.307 e. The van der Waals surface area contributed by atoms with Crippen molar-refractivity contribution in [2.75, 3.05) is 6.54 Å². The van der Waals surface area contributed by atoms with E-state index in [2.05, 4.69) is 0 Å². The highest BCUT2D eigenvalue weighted by atomic mass is 16.4. The van der Waals surface area contributed by atoms with E-state index in [0.717, 1.165) is 12.8 Å². The molecule has 0 saturated heterocycles. The number of carbonyl (C=O) groups excluding carboxylic acids is 1. The molecule has 1 N–H and O–H groups in total. The molecular formula is C15H23NO3. The molecule has 0 aromatic heterocycles. The summed E-state index contributed by atoms with van der Waals surface area (Å²) in [7, 11) is 0. The Morgan fingerprint density at radius 1 is 1.16 bits per heavy atom. The molecule has 0 bridgehead atoms. The summed E-state index contributed by atoms with van der Waals surface area (Å²) in [5, 5.41) is 9.27. The lowest BCUT2D eigenvalue weighted by Gasteiger charge is -2.34. The largest absolute Gasteiger partial charge is 0.481 e. The minimum Gasteiger partial charge on any atom is -0.481 e. The van der Waals surface area contributed by atoms with Crippen LogP contribution in [0.2, 0.25) is 0 Å². The van der Waals surface area contributed by atoms with Gasteiger partial charge in [-0.05, 0) is 32.6 Å². The van der Waals surface area contributed by atoms with Gasteiger partial charge in [0.05, 0.1) is 11.8 Å². The van der Waals surface area contributed by atoms with Gasteiger partial charge in [-0.1, -0.05) is 25.0 Å². The fraction of sp³-hybridized carbons (Fsp3) is 0.733. The number of nitrogens with zero attached hydrogens (tertiary/aromatic N) is 1. The number of aliphatic carboxylic acids is 1. The average molecular weight is 265 g/mol. The quantitative estimate of drug-likeness (QED) is 0.794. The van der Waals surface area contributed by atoms with Crippen molar-refractivity contribution >= 4 is 11.9 Å². The number of hydrogen-bond donors (Lipinski definition) is 1. The Morgan fingerprint density at radius 2 is 1.74 bits per heavy atom. The molecule has 1 fully saturated rings. The Bertz CT molecular complexity index is 372. The molecule has 4 heteroatoms.